The van der Waals surface area contributed by atoms with E-state index in [-0.39, 0.29) is 11.7 Å². The molecule has 6 nitrogen and oxygen atoms in total. The molecule has 6 heteroatoms. The summed E-state index contributed by atoms with van der Waals surface area (Å²) in [6, 6.07) is 28.9. The largest absolute Gasteiger partial charge is 0.384 e. The van der Waals surface area contributed by atoms with Crippen molar-refractivity contribution < 1.29 is 9.59 Å². The van der Waals surface area contributed by atoms with Crippen LogP contribution in [0.2, 0.25) is 0 Å². The summed E-state index contributed by atoms with van der Waals surface area (Å²) in [6.07, 6.45) is 0. The number of carbonyl (C=O) groups is 2. The Labute approximate surface area is 198 Å². The van der Waals surface area contributed by atoms with Gasteiger partial charge in [-0.3, -0.25) is 15.0 Å². The number of nitrogens with one attached hydrogen (secondary N) is 2. The molecule has 0 aliphatic heterocycles. The van der Waals surface area contributed by atoms with Gasteiger partial charge in [-0.1, -0.05) is 84.9 Å². The van der Waals surface area contributed by atoms with Crippen LogP contribution in [0, 0.1) is 5.41 Å². The van der Waals surface area contributed by atoms with Crippen LogP contribution in [-0.4, -0.2) is 29.6 Å². The fraction of sp³-hybridized carbons (Fsp3) is 0.107. The molecule has 0 fully saturated rings. The second-order valence-electron chi connectivity index (χ2n) is 8.14. The summed E-state index contributed by atoms with van der Waals surface area (Å²) in [5, 5.41) is 12.7. The van der Waals surface area contributed by atoms with Crippen molar-refractivity contribution in [1.29, 1.82) is 5.41 Å². The Bertz CT molecular complexity index is 1350. The van der Waals surface area contributed by atoms with E-state index in [2.05, 4.69) is 5.32 Å². The highest BCUT2D eigenvalue weighted by molar-refractivity contribution is 6.01. The molecule has 0 saturated heterocycles. The molecular formula is C28H26N4O2. The van der Waals surface area contributed by atoms with Crippen molar-refractivity contribution in [2.24, 2.45) is 5.73 Å². The maximum absolute atomic E-state index is 13.6. The SMILES string of the molecule is CN(Cc1cccc2ccccc12)C(=O)[C@H](NC(=O)c1cccc(C(=N)N)c1)c1ccccc1. The number of hydrogen-bond acceptors (Lipinski definition) is 3. The van der Waals surface area contributed by atoms with Gasteiger partial charge in [-0.05, 0) is 34.0 Å². The summed E-state index contributed by atoms with van der Waals surface area (Å²) in [7, 11) is 1.74. The first-order chi connectivity index (χ1) is 16.4. The zero-order chi connectivity index (χ0) is 24.1. The van der Waals surface area contributed by atoms with E-state index in [4.69, 9.17) is 11.1 Å². The molecular weight excluding hydrogens is 424 g/mol. The Hall–Kier alpha value is -4.45. The second kappa shape index (κ2) is 10.0. The van der Waals surface area contributed by atoms with Crippen LogP contribution < -0.4 is 11.1 Å². The molecule has 34 heavy (non-hydrogen) atoms. The Morgan fingerprint density at radius 3 is 2.29 bits per heavy atom. The third-order valence-corrected chi connectivity index (χ3v) is 5.75. The molecule has 4 N–H and O–H groups in total. The summed E-state index contributed by atoms with van der Waals surface area (Å²) in [4.78, 5) is 28.3. The van der Waals surface area contributed by atoms with E-state index in [0.29, 0.717) is 23.2 Å². The van der Waals surface area contributed by atoms with Crippen LogP contribution in [0.1, 0.15) is 33.1 Å². The quantitative estimate of drug-likeness (QED) is 0.290. The number of carbonyl (C=O) groups excluding carboxylic acids is 2. The maximum atomic E-state index is 13.6. The molecule has 0 radical (unpaired) electrons. The highest BCUT2D eigenvalue weighted by Gasteiger charge is 2.26. The summed E-state index contributed by atoms with van der Waals surface area (Å²) < 4.78 is 0. The molecule has 1 atom stereocenters. The lowest BCUT2D eigenvalue weighted by molar-refractivity contribution is -0.132. The predicted molar refractivity (Wildman–Crippen MR) is 135 cm³/mol. The van der Waals surface area contributed by atoms with Gasteiger partial charge in [0.05, 0.1) is 0 Å². The number of nitrogen functional groups attached to an aromatic ring is 1. The molecule has 170 valence electrons. The number of hydrogen-bond donors (Lipinski definition) is 3. The Balaban J connectivity index is 1.60. The fourth-order valence-corrected chi connectivity index (χ4v) is 3.96. The number of fused-ring (bicyclic) bond motifs is 1. The lowest BCUT2D eigenvalue weighted by Gasteiger charge is -2.25. The molecule has 4 rings (SSSR count). The molecule has 4 aromatic carbocycles. The monoisotopic (exact) mass is 450 g/mol. The zero-order valence-electron chi connectivity index (χ0n) is 18.9. The van der Waals surface area contributed by atoms with Crippen molar-refractivity contribution in [2.45, 2.75) is 12.6 Å². The van der Waals surface area contributed by atoms with Gasteiger partial charge in [-0.15, -0.1) is 0 Å². The van der Waals surface area contributed by atoms with Crippen LogP contribution in [0.4, 0.5) is 0 Å². The summed E-state index contributed by atoms with van der Waals surface area (Å²) in [5.41, 5.74) is 8.06. The van der Waals surface area contributed by atoms with E-state index in [1.807, 2.05) is 72.8 Å². The minimum absolute atomic E-state index is 0.125. The molecule has 0 unspecified atom stereocenters. The second-order valence-corrected chi connectivity index (χ2v) is 8.14. The number of amidine groups is 1. The minimum Gasteiger partial charge on any atom is -0.384 e. The van der Waals surface area contributed by atoms with Gasteiger partial charge in [0.2, 0.25) is 5.91 Å². The van der Waals surface area contributed by atoms with E-state index in [0.717, 1.165) is 16.3 Å². The van der Waals surface area contributed by atoms with Gasteiger partial charge in [0.25, 0.3) is 5.91 Å². The molecule has 0 aliphatic rings. The van der Waals surface area contributed by atoms with E-state index < -0.39 is 11.9 Å². The lowest BCUT2D eigenvalue weighted by atomic mass is 10.0. The molecule has 0 aliphatic carbocycles. The standard InChI is InChI=1S/C28H26N4O2/c1-32(18-23-15-7-12-19-9-5-6-16-24(19)23)28(34)25(20-10-3-2-4-11-20)31-27(33)22-14-8-13-21(17-22)26(29)30/h2-17,25H,18H2,1H3,(H3,29,30)(H,31,33)/t25-/m1/s1. The normalized spacial score (nSPS) is 11.6. The first kappa shape index (κ1) is 22.7. The van der Waals surface area contributed by atoms with Crippen LogP contribution in [0.5, 0.6) is 0 Å². The average molecular weight is 451 g/mol. The third-order valence-electron chi connectivity index (χ3n) is 5.75. The molecule has 0 heterocycles. The topological polar surface area (TPSA) is 99.3 Å². The maximum Gasteiger partial charge on any atom is 0.252 e. The van der Waals surface area contributed by atoms with Crippen molar-refractivity contribution in [3.63, 3.8) is 0 Å². The first-order valence-corrected chi connectivity index (χ1v) is 11.0. The number of likely N-dealkylation sites (N-methyl/N-ethyl adjacent to an activating group) is 1. The number of benzene rings is 4. The zero-order valence-corrected chi connectivity index (χ0v) is 18.9. The van der Waals surface area contributed by atoms with E-state index >= 15 is 0 Å². The number of rotatable bonds is 7. The molecule has 2 amide bonds. The van der Waals surface area contributed by atoms with Crippen LogP contribution >= 0.6 is 0 Å². The van der Waals surface area contributed by atoms with Gasteiger partial charge in [0.1, 0.15) is 11.9 Å². The highest BCUT2D eigenvalue weighted by Crippen LogP contribution is 2.22. The number of nitrogens with zero attached hydrogens (tertiary/aromatic N) is 1. The van der Waals surface area contributed by atoms with E-state index in [9.17, 15) is 9.59 Å². The van der Waals surface area contributed by atoms with Crippen molar-refractivity contribution in [3.05, 3.63) is 119 Å². The summed E-state index contributed by atoms with van der Waals surface area (Å²) >= 11 is 0. The van der Waals surface area contributed by atoms with Crippen molar-refractivity contribution in [1.82, 2.24) is 10.2 Å². The van der Waals surface area contributed by atoms with Gasteiger partial charge in [-0.2, -0.15) is 0 Å². The molecule has 0 spiro atoms. The number of nitrogens with two attached hydrogens (primary N) is 1. The Morgan fingerprint density at radius 2 is 1.53 bits per heavy atom. The molecule has 0 aromatic heterocycles. The Morgan fingerprint density at radius 1 is 0.882 bits per heavy atom. The van der Waals surface area contributed by atoms with Gasteiger partial charge in [0.15, 0.2) is 0 Å². The summed E-state index contributed by atoms with van der Waals surface area (Å²) in [6.45, 7) is 0.402. The molecule has 0 bridgehead atoms. The van der Waals surface area contributed by atoms with Crippen LogP contribution in [-0.2, 0) is 11.3 Å². The van der Waals surface area contributed by atoms with Crippen molar-refractivity contribution >= 4 is 28.4 Å². The third kappa shape index (κ3) is 4.96. The van der Waals surface area contributed by atoms with Gasteiger partial charge < -0.3 is 16.0 Å². The summed E-state index contributed by atoms with van der Waals surface area (Å²) in [5.74, 6) is -0.765. The lowest BCUT2D eigenvalue weighted by Crippen LogP contribution is -2.41. The molecule has 4 aromatic rings. The van der Waals surface area contributed by atoms with Gasteiger partial charge in [-0.25, -0.2) is 0 Å². The smallest absolute Gasteiger partial charge is 0.252 e. The van der Waals surface area contributed by atoms with Gasteiger partial charge in [0, 0.05) is 24.7 Å². The van der Waals surface area contributed by atoms with Crippen LogP contribution in [0.25, 0.3) is 10.8 Å². The minimum atomic E-state index is -0.866. The van der Waals surface area contributed by atoms with E-state index in [1.165, 1.54) is 0 Å². The Kier molecular flexibility index (Phi) is 6.69. The average Bonchev–Trinajstić information content (AvgIpc) is 2.87. The van der Waals surface area contributed by atoms with Crippen molar-refractivity contribution in [2.75, 3.05) is 7.05 Å². The van der Waals surface area contributed by atoms with Crippen molar-refractivity contribution in [3.8, 4) is 0 Å². The predicted octanol–water partition coefficient (Wildman–Crippen LogP) is 4.25. The van der Waals surface area contributed by atoms with Gasteiger partial charge >= 0.3 is 0 Å². The number of amides is 2. The van der Waals surface area contributed by atoms with Crippen LogP contribution in [0.3, 0.4) is 0 Å². The molecule has 0 saturated carbocycles. The fourth-order valence-electron chi connectivity index (χ4n) is 3.96. The van der Waals surface area contributed by atoms with E-state index in [1.54, 1.807) is 36.2 Å². The van der Waals surface area contributed by atoms with Crippen LogP contribution in [0.15, 0.2) is 97.1 Å². The first-order valence-electron chi connectivity index (χ1n) is 11.0. The highest BCUT2D eigenvalue weighted by atomic mass is 16.2.